The van der Waals surface area contributed by atoms with Crippen molar-refractivity contribution in [2.24, 2.45) is 4.99 Å². The van der Waals surface area contributed by atoms with Gasteiger partial charge in [-0.2, -0.15) is 0 Å². The van der Waals surface area contributed by atoms with E-state index in [1.165, 1.54) is 18.2 Å². The minimum atomic E-state index is -0.563. The number of hydrogen-bond acceptors (Lipinski definition) is 6. The van der Waals surface area contributed by atoms with Crippen molar-refractivity contribution in [3.05, 3.63) is 59.3 Å². The van der Waals surface area contributed by atoms with Crippen molar-refractivity contribution >= 4 is 11.8 Å². The highest BCUT2D eigenvalue weighted by atomic mass is 19.1. The Morgan fingerprint density at radius 3 is 2.63 bits per heavy atom. The number of anilines is 1. The third-order valence-electron chi connectivity index (χ3n) is 4.70. The van der Waals surface area contributed by atoms with Gasteiger partial charge >= 0.3 is 0 Å². The van der Waals surface area contributed by atoms with Gasteiger partial charge in [0.05, 0.1) is 25.8 Å². The highest BCUT2D eigenvalue weighted by Crippen LogP contribution is 2.23. The molecule has 1 fully saturated rings. The molecule has 8 heteroatoms. The van der Waals surface area contributed by atoms with E-state index in [0.29, 0.717) is 12.5 Å². The van der Waals surface area contributed by atoms with Gasteiger partial charge in [-0.15, -0.1) is 0 Å². The standard InChI is InChI=1S/C19H21F2N5O/c20-14-2-1-3-15(21)18(14)16-12-24-19(25-16)23-11-13-4-5-17(22-10-13)26-6-8-27-9-7-26/h1-5,10,16H,6-9,11-12H2,(H2,23,24,25). The molecule has 1 atom stereocenters. The largest absolute Gasteiger partial charge is 0.378 e. The quantitative estimate of drug-likeness (QED) is 0.858. The lowest BCUT2D eigenvalue weighted by Gasteiger charge is -2.27. The van der Waals surface area contributed by atoms with Crippen LogP contribution in [0.4, 0.5) is 14.6 Å². The molecular formula is C19H21F2N5O. The molecule has 0 aliphatic carbocycles. The van der Waals surface area contributed by atoms with E-state index >= 15 is 0 Å². The second-order valence-corrected chi connectivity index (χ2v) is 6.50. The zero-order chi connectivity index (χ0) is 18.6. The maximum atomic E-state index is 13.9. The maximum absolute atomic E-state index is 13.9. The van der Waals surface area contributed by atoms with Crippen LogP contribution in [0.3, 0.4) is 0 Å². The van der Waals surface area contributed by atoms with Gasteiger partial charge in [0.1, 0.15) is 17.5 Å². The molecule has 1 aromatic carbocycles. The third kappa shape index (κ3) is 4.00. The van der Waals surface area contributed by atoms with Gasteiger partial charge in [-0.1, -0.05) is 12.1 Å². The average molecular weight is 373 g/mol. The Bertz CT molecular complexity index is 801. The molecule has 6 nitrogen and oxygen atoms in total. The fourth-order valence-electron chi connectivity index (χ4n) is 3.24. The molecule has 0 bridgehead atoms. The first-order chi connectivity index (χ1) is 13.2. The van der Waals surface area contributed by atoms with E-state index in [9.17, 15) is 8.78 Å². The monoisotopic (exact) mass is 373 g/mol. The van der Waals surface area contributed by atoms with Crippen molar-refractivity contribution in [2.45, 2.75) is 12.6 Å². The smallest absolute Gasteiger partial charge is 0.192 e. The highest BCUT2D eigenvalue weighted by molar-refractivity contribution is 5.82. The van der Waals surface area contributed by atoms with Crippen molar-refractivity contribution in [2.75, 3.05) is 37.7 Å². The van der Waals surface area contributed by atoms with Crippen LogP contribution in [0.15, 0.2) is 41.5 Å². The summed E-state index contributed by atoms with van der Waals surface area (Å²) in [4.78, 5) is 11.0. The summed E-state index contributed by atoms with van der Waals surface area (Å²) in [6.07, 6.45) is 1.82. The highest BCUT2D eigenvalue weighted by Gasteiger charge is 2.25. The molecule has 2 N–H and O–H groups in total. The number of morpholine rings is 1. The zero-order valence-corrected chi connectivity index (χ0v) is 14.8. The number of rotatable bonds is 4. The summed E-state index contributed by atoms with van der Waals surface area (Å²) in [5.41, 5.74) is 1.02. The molecule has 27 heavy (non-hydrogen) atoms. The molecule has 2 aromatic rings. The summed E-state index contributed by atoms with van der Waals surface area (Å²) in [6, 6.07) is 7.37. The van der Waals surface area contributed by atoms with Crippen molar-refractivity contribution in [1.29, 1.82) is 0 Å². The number of benzene rings is 1. The Labute approximate surface area is 156 Å². The van der Waals surface area contributed by atoms with Crippen LogP contribution in [-0.2, 0) is 11.3 Å². The minimum Gasteiger partial charge on any atom is -0.378 e. The topological polar surface area (TPSA) is 61.8 Å². The van der Waals surface area contributed by atoms with Crippen LogP contribution >= 0.6 is 0 Å². The number of aliphatic imine (C=N–C) groups is 1. The summed E-state index contributed by atoms with van der Waals surface area (Å²) in [5, 5.41) is 6.19. The molecule has 4 rings (SSSR count). The summed E-state index contributed by atoms with van der Waals surface area (Å²) < 4.78 is 33.1. The molecule has 3 heterocycles. The van der Waals surface area contributed by atoms with Crippen molar-refractivity contribution in [3.8, 4) is 0 Å². The molecule has 1 aromatic heterocycles. The molecule has 0 spiro atoms. The number of guanidine groups is 1. The molecule has 2 aliphatic heterocycles. The molecular weight excluding hydrogens is 352 g/mol. The van der Waals surface area contributed by atoms with Gasteiger partial charge in [-0.25, -0.2) is 13.8 Å². The van der Waals surface area contributed by atoms with E-state index in [1.807, 2.05) is 18.3 Å². The summed E-state index contributed by atoms with van der Waals surface area (Å²) >= 11 is 0. The number of nitrogens with one attached hydrogen (secondary N) is 2. The molecule has 0 radical (unpaired) electrons. The second-order valence-electron chi connectivity index (χ2n) is 6.50. The van der Waals surface area contributed by atoms with Crippen molar-refractivity contribution < 1.29 is 13.5 Å². The van der Waals surface area contributed by atoms with E-state index < -0.39 is 17.7 Å². The Kier molecular flexibility index (Phi) is 5.15. The van der Waals surface area contributed by atoms with Gasteiger partial charge in [0.2, 0.25) is 0 Å². The van der Waals surface area contributed by atoms with Crippen LogP contribution in [0.5, 0.6) is 0 Å². The minimum absolute atomic E-state index is 0.0228. The predicted octanol–water partition coefficient (Wildman–Crippen LogP) is 1.99. The number of halogens is 2. The van der Waals surface area contributed by atoms with Crippen LogP contribution in [0.25, 0.3) is 0 Å². The molecule has 142 valence electrons. The molecule has 2 aliphatic rings. The van der Waals surface area contributed by atoms with E-state index in [2.05, 4.69) is 25.5 Å². The first-order valence-corrected chi connectivity index (χ1v) is 8.97. The van der Waals surface area contributed by atoms with E-state index in [4.69, 9.17) is 4.74 Å². The number of hydrogen-bond donors (Lipinski definition) is 2. The normalized spacial score (nSPS) is 19.6. The van der Waals surface area contributed by atoms with E-state index in [0.717, 1.165) is 37.7 Å². The van der Waals surface area contributed by atoms with Gasteiger partial charge in [-0.05, 0) is 23.8 Å². The van der Waals surface area contributed by atoms with Gasteiger partial charge in [0.25, 0.3) is 0 Å². The number of nitrogens with zero attached hydrogens (tertiary/aromatic N) is 3. The van der Waals surface area contributed by atoms with Crippen LogP contribution < -0.4 is 15.5 Å². The van der Waals surface area contributed by atoms with Crippen LogP contribution in [0, 0.1) is 11.6 Å². The van der Waals surface area contributed by atoms with Crippen LogP contribution in [0.1, 0.15) is 17.2 Å². The fraction of sp³-hybridized carbons (Fsp3) is 0.368. The summed E-state index contributed by atoms with van der Waals surface area (Å²) in [7, 11) is 0. The second kappa shape index (κ2) is 7.87. The van der Waals surface area contributed by atoms with Gasteiger partial charge in [-0.3, -0.25) is 4.99 Å². The van der Waals surface area contributed by atoms with Crippen LogP contribution in [0.2, 0.25) is 0 Å². The Hall–Kier alpha value is -2.74. The first kappa shape index (κ1) is 17.7. The molecule has 1 unspecified atom stereocenters. The van der Waals surface area contributed by atoms with Gasteiger partial charge in [0, 0.05) is 31.4 Å². The van der Waals surface area contributed by atoms with Gasteiger partial charge in [0.15, 0.2) is 5.96 Å². The first-order valence-electron chi connectivity index (χ1n) is 8.97. The Morgan fingerprint density at radius 2 is 1.93 bits per heavy atom. The predicted molar refractivity (Wildman–Crippen MR) is 98.6 cm³/mol. The zero-order valence-electron chi connectivity index (χ0n) is 14.8. The molecule has 0 saturated carbocycles. The van der Waals surface area contributed by atoms with Gasteiger partial charge < -0.3 is 20.3 Å². The number of aromatic nitrogens is 1. The molecule has 0 amide bonds. The summed E-state index contributed by atoms with van der Waals surface area (Å²) in [6.45, 7) is 3.95. The van der Waals surface area contributed by atoms with Crippen molar-refractivity contribution in [1.82, 2.24) is 15.6 Å². The lowest BCUT2D eigenvalue weighted by Crippen LogP contribution is -2.37. The number of pyridine rings is 1. The van der Waals surface area contributed by atoms with Crippen LogP contribution in [-0.4, -0.2) is 43.8 Å². The SMILES string of the molecule is Fc1cccc(F)c1C1CN=C(NCc2ccc(N3CCOCC3)nc2)N1. The third-order valence-corrected chi connectivity index (χ3v) is 4.70. The Balaban J connectivity index is 1.32. The van der Waals surface area contributed by atoms with E-state index in [-0.39, 0.29) is 12.1 Å². The maximum Gasteiger partial charge on any atom is 0.192 e. The fourth-order valence-corrected chi connectivity index (χ4v) is 3.24. The lowest BCUT2D eigenvalue weighted by atomic mass is 10.1. The van der Waals surface area contributed by atoms with E-state index in [1.54, 1.807) is 0 Å². The van der Waals surface area contributed by atoms with Crippen molar-refractivity contribution in [3.63, 3.8) is 0 Å². The summed E-state index contributed by atoms with van der Waals surface area (Å²) in [5.74, 6) is 0.340. The Morgan fingerprint density at radius 1 is 1.15 bits per heavy atom. The average Bonchev–Trinajstić information content (AvgIpc) is 3.16. The molecule has 1 saturated heterocycles. The number of ether oxygens (including phenoxy) is 1. The lowest BCUT2D eigenvalue weighted by molar-refractivity contribution is 0.122.